The Bertz CT molecular complexity index is 844. The molecule has 1 amide bonds. The van der Waals surface area contributed by atoms with E-state index in [1.54, 1.807) is 11.3 Å². The number of halogens is 1. The van der Waals surface area contributed by atoms with Crippen molar-refractivity contribution in [2.75, 3.05) is 36.5 Å². The highest BCUT2D eigenvalue weighted by Crippen LogP contribution is 2.34. The lowest BCUT2D eigenvalue weighted by atomic mass is 10.3. The van der Waals surface area contributed by atoms with Crippen LogP contribution in [0.5, 0.6) is 5.75 Å². The van der Waals surface area contributed by atoms with Crippen LogP contribution in [-0.4, -0.2) is 37.1 Å². The number of rotatable bonds is 8. The van der Waals surface area contributed by atoms with Crippen LogP contribution in [0.4, 0.5) is 10.8 Å². The molecule has 27 heavy (non-hydrogen) atoms. The maximum absolute atomic E-state index is 12.5. The van der Waals surface area contributed by atoms with Crippen molar-refractivity contribution in [1.82, 2.24) is 4.98 Å². The number of thiazole rings is 1. The molecule has 0 radical (unpaired) electrons. The van der Waals surface area contributed by atoms with Crippen LogP contribution < -0.4 is 20.7 Å². The standard InChI is InChI=1S/C18H22N4O2S2.ClH/c1-3-22(4-2)18-21-17-15(26-18)11-14(25-17)16(23)20-12-5-7-13(8-6-12)24-10-9-19;/h5-8,11H,3-4,9-10,19H2,1-2H3,(H,20,23);1H. The number of anilines is 2. The first-order valence-corrected chi connectivity index (χ1v) is 10.2. The monoisotopic (exact) mass is 426 g/mol. The molecule has 2 heterocycles. The van der Waals surface area contributed by atoms with Gasteiger partial charge in [-0.25, -0.2) is 4.98 Å². The number of ether oxygens (including phenoxy) is 1. The third-order valence-electron chi connectivity index (χ3n) is 3.83. The molecule has 0 saturated carbocycles. The van der Waals surface area contributed by atoms with Gasteiger partial charge in [-0.05, 0) is 44.2 Å². The molecule has 0 bridgehead atoms. The molecule has 0 fully saturated rings. The van der Waals surface area contributed by atoms with Crippen LogP contribution in [0.1, 0.15) is 23.5 Å². The van der Waals surface area contributed by atoms with Crippen LogP contribution in [-0.2, 0) is 0 Å². The van der Waals surface area contributed by atoms with E-state index >= 15 is 0 Å². The number of nitrogens with zero attached hydrogens (tertiary/aromatic N) is 2. The maximum Gasteiger partial charge on any atom is 0.265 e. The summed E-state index contributed by atoms with van der Waals surface area (Å²) in [6.45, 7) is 7.03. The smallest absolute Gasteiger partial charge is 0.265 e. The Balaban J connectivity index is 0.00000261. The SMILES string of the molecule is CCN(CC)c1nc2sc(C(=O)Nc3ccc(OCCN)cc3)cc2s1.Cl. The molecule has 2 aromatic heterocycles. The highest BCUT2D eigenvalue weighted by atomic mass is 35.5. The van der Waals surface area contributed by atoms with Crippen LogP contribution in [0.2, 0.25) is 0 Å². The second-order valence-corrected chi connectivity index (χ2v) is 7.60. The fraction of sp³-hybridized carbons (Fsp3) is 0.333. The third-order valence-corrected chi connectivity index (χ3v) is 6.05. The fourth-order valence-corrected chi connectivity index (χ4v) is 4.70. The van der Waals surface area contributed by atoms with Gasteiger partial charge in [0.15, 0.2) is 5.13 Å². The van der Waals surface area contributed by atoms with Crippen molar-refractivity contribution in [2.24, 2.45) is 5.73 Å². The molecular formula is C18H23ClN4O2S2. The minimum atomic E-state index is -0.125. The molecule has 3 N–H and O–H groups in total. The first-order valence-electron chi connectivity index (χ1n) is 8.54. The Morgan fingerprint density at radius 2 is 1.93 bits per heavy atom. The molecule has 0 aliphatic rings. The van der Waals surface area contributed by atoms with Gasteiger partial charge in [-0.2, -0.15) is 0 Å². The van der Waals surface area contributed by atoms with E-state index in [4.69, 9.17) is 10.5 Å². The number of thiophene rings is 1. The molecule has 0 unspecified atom stereocenters. The zero-order valence-corrected chi connectivity index (χ0v) is 17.7. The van der Waals surface area contributed by atoms with E-state index < -0.39 is 0 Å². The van der Waals surface area contributed by atoms with E-state index in [2.05, 4.69) is 29.0 Å². The van der Waals surface area contributed by atoms with Crippen molar-refractivity contribution >= 4 is 61.3 Å². The van der Waals surface area contributed by atoms with E-state index in [0.717, 1.165) is 39.2 Å². The zero-order valence-electron chi connectivity index (χ0n) is 15.2. The van der Waals surface area contributed by atoms with Crippen LogP contribution in [0.3, 0.4) is 0 Å². The summed E-state index contributed by atoms with van der Waals surface area (Å²) in [6, 6.07) is 9.18. The van der Waals surface area contributed by atoms with Crippen LogP contribution in [0, 0.1) is 0 Å². The minimum absolute atomic E-state index is 0. The van der Waals surface area contributed by atoms with E-state index in [0.29, 0.717) is 18.0 Å². The molecular weight excluding hydrogens is 404 g/mol. The Morgan fingerprint density at radius 3 is 2.52 bits per heavy atom. The molecule has 9 heteroatoms. The Hall–Kier alpha value is -1.87. The normalized spacial score (nSPS) is 10.5. The predicted octanol–water partition coefficient (Wildman–Crippen LogP) is 4.22. The summed E-state index contributed by atoms with van der Waals surface area (Å²) in [6.07, 6.45) is 0. The zero-order chi connectivity index (χ0) is 18.5. The molecule has 146 valence electrons. The van der Waals surface area contributed by atoms with Crippen molar-refractivity contribution in [3.05, 3.63) is 35.2 Å². The maximum atomic E-state index is 12.5. The predicted molar refractivity (Wildman–Crippen MR) is 117 cm³/mol. The number of carbonyl (C=O) groups excluding carboxylic acids is 1. The van der Waals surface area contributed by atoms with Gasteiger partial charge in [0.25, 0.3) is 5.91 Å². The number of nitrogens with one attached hydrogen (secondary N) is 1. The van der Waals surface area contributed by atoms with Gasteiger partial charge in [0, 0.05) is 25.3 Å². The van der Waals surface area contributed by atoms with Gasteiger partial charge in [-0.15, -0.1) is 23.7 Å². The molecule has 0 aliphatic carbocycles. The van der Waals surface area contributed by atoms with Gasteiger partial charge in [0.05, 0.1) is 9.58 Å². The second kappa shape index (κ2) is 9.89. The number of hydrogen-bond donors (Lipinski definition) is 2. The molecule has 1 aromatic carbocycles. The number of nitrogens with two attached hydrogens (primary N) is 1. The average molecular weight is 427 g/mol. The Morgan fingerprint density at radius 1 is 1.22 bits per heavy atom. The molecule has 0 atom stereocenters. The summed E-state index contributed by atoms with van der Waals surface area (Å²) < 4.78 is 6.48. The van der Waals surface area contributed by atoms with Gasteiger partial charge < -0.3 is 20.7 Å². The van der Waals surface area contributed by atoms with E-state index in [1.165, 1.54) is 11.3 Å². The number of benzene rings is 1. The summed E-state index contributed by atoms with van der Waals surface area (Å²) in [4.78, 5) is 20.9. The molecule has 0 spiro atoms. The van der Waals surface area contributed by atoms with E-state index in [1.807, 2.05) is 30.3 Å². The average Bonchev–Trinajstić information content (AvgIpc) is 3.21. The minimum Gasteiger partial charge on any atom is -0.492 e. The fourth-order valence-electron chi connectivity index (χ4n) is 2.47. The molecule has 6 nitrogen and oxygen atoms in total. The van der Waals surface area contributed by atoms with Crippen molar-refractivity contribution < 1.29 is 9.53 Å². The van der Waals surface area contributed by atoms with Gasteiger partial charge in [0.2, 0.25) is 0 Å². The van der Waals surface area contributed by atoms with E-state index in [9.17, 15) is 4.79 Å². The van der Waals surface area contributed by atoms with Gasteiger partial charge in [0.1, 0.15) is 17.2 Å². The van der Waals surface area contributed by atoms with Crippen molar-refractivity contribution in [3.63, 3.8) is 0 Å². The van der Waals surface area contributed by atoms with Crippen LogP contribution in [0.25, 0.3) is 9.53 Å². The molecule has 3 rings (SSSR count). The number of aromatic nitrogens is 1. The highest BCUT2D eigenvalue weighted by molar-refractivity contribution is 7.29. The van der Waals surface area contributed by atoms with E-state index in [-0.39, 0.29) is 18.3 Å². The first kappa shape index (κ1) is 21.4. The summed E-state index contributed by atoms with van der Waals surface area (Å²) in [5.41, 5.74) is 6.14. The largest absolute Gasteiger partial charge is 0.492 e. The summed E-state index contributed by atoms with van der Waals surface area (Å²) in [7, 11) is 0. The van der Waals surface area contributed by atoms with Crippen LogP contribution in [0.15, 0.2) is 30.3 Å². The van der Waals surface area contributed by atoms with Gasteiger partial charge >= 0.3 is 0 Å². The molecule has 3 aromatic rings. The van der Waals surface area contributed by atoms with Crippen molar-refractivity contribution in [2.45, 2.75) is 13.8 Å². The summed E-state index contributed by atoms with van der Waals surface area (Å²) in [5, 5.41) is 3.92. The van der Waals surface area contributed by atoms with Crippen molar-refractivity contribution in [1.29, 1.82) is 0 Å². The third kappa shape index (κ3) is 5.10. The number of carbonyl (C=O) groups is 1. The quantitative estimate of drug-likeness (QED) is 0.563. The lowest BCUT2D eigenvalue weighted by Gasteiger charge is -2.16. The topological polar surface area (TPSA) is 80.5 Å². The summed E-state index contributed by atoms with van der Waals surface area (Å²) in [5.74, 6) is 0.610. The lowest BCUT2D eigenvalue weighted by Crippen LogP contribution is -2.21. The molecule has 0 saturated heterocycles. The van der Waals surface area contributed by atoms with Gasteiger partial charge in [-0.3, -0.25) is 4.79 Å². The highest BCUT2D eigenvalue weighted by Gasteiger charge is 2.16. The second-order valence-electron chi connectivity index (χ2n) is 5.56. The van der Waals surface area contributed by atoms with Crippen LogP contribution >= 0.6 is 35.1 Å². The first-order chi connectivity index (χ1) is 12.6. The Kier molecular flexibility index (Phi) is 7.85. The lowest BCUT2D eigenvalue weighted by molar-refractivity contribution is 0.103. The van der Waals surface area contributed by atoms with Crippen molar-refractivity contribution in [3.8, 4) is 5.75 Å². The Labute approximate surface area is 172 Å². The number of amides is 1. The van der Waals surface area contributed by atoms with Gasteiger partial charge in [-0.1, -0.05) is 11.3 Å². The number of hydrogen-bond acceptors (Lipinski definition) is 7. The summed E-state index contributed by atoms with van der Waals surface area (Å²) >= 11 is 3.05. The molecule has 0 aliphatic heterocycles. The number of fused-ring (bicyclic) bond motifs is 1.